The van der Waals surface area contributed by atoms with Crippen molar-refractivity contribution in [1.82, 2.24) is 0 Å². The van der Waals surface area contributed by atoms with Crippen LogP contribution in [0.15, 0.2) is 71.2 Å². The largest absolute Gasteiger partial charge is 0.488 e. The maximum Gasteiger partial charge on any atom is 0.127 e. The molecule has 0 aliphatic carbocycles. The van der Waals surface area contributed by atoms with Crippen LogP contribution in [0.1, 0.15) is 29.2 Å². The van der Waals surface area contributed by atoms with Gasteiger partial charge in [0.05, 0.1) is 0 Å². The lowest BCUT2D eigenvalue weighted by Gasteiger charge is -2.15. The fourth-order valence-corrected chi connectivity index (χ4v) is 3.75. The Morgan fingerprint density at radius 2 is 1.77 bits per heavy atom. The first-order chi connectivity index (χ1) is 12.1. The second-order valence-corrected chi connectivity index (χ2v) is 7.13. The number of benzene rings is 3. The second-order valence-electron chi connectivity index (χ2n) is 6.21. The predicted molar refractivity (Wildman–Crippen MR) is 115 cm³/mol. The average Bonchev–Trinajstić information content (AvgIpc) is 2.78. The molecule has 3 aromatic carbocycles. The van der Waals surface area contributed by atoms with Crippen molar-refractivity contribution in [3.63, 3.8) is 0 Å². The van der Waals surface area contributed by atoms with Crippen LogP contribution in [0.2, 0.25) is 0 Å². The second kappa shape index (κ2) is 7.56. The smallest absolute Gasteiger partial charge is 0.127 e. The molecule has 4 rings (SSSR count). The average molecular weight is 429 g/mol. The molecule has 0 atom stereocenters. The Morgan fingerprint density at radius 3 is 2.58 bits per heavy atom. The first-order valence-corrected chi connectivity index (χ1v) is 9.00. The Labute approximate surface area is 168 Å². The third-order valence-corrected chi connectivity index (χ3v) is 5.06. The Hall–Kier alpha value is -2.23. The van der Waals surface area contributed by atoms with E-state index in [0.717, 1.165) is 27.0 Å². The van der Waals surface area contributed by atoms with Crippen LogP contribution in [-0.4, -0.2) is 0 Å². The van der Waals surface area contributed by atoms with Gasteiger partial charge < -0.3 is 10.5 Å². The van der Waals surface area contributed by atoms with Gasteiger partial charge in [-0.05, 0) is 65.1 Å². The van der Waals surface area contributed by atoms with Crippen molar-refractivity contribution in [3.8, 4) is 5.75 Å². The lowest BCUT2D eigenvalue weighted by molar-refractivity contribution is 0.307. The van der Waals surface area contributed by atoms with Crippen molar-refractivity contribution in [2.75, 3.05) is 5.73 Å². The zero-order valence-corrected chi connectivity index (χ0v) is 16.7. The lowest BCUT2D eigenvalue weighted by atomic mass is 9.88. The maximum absolute atomic E-state index is 6.09. The molecule has 0 unspecified atom stereocenters. The standard InChI is InChI=1S/C22H18BrNO.ClH/c1-14(15-5-4-6-18(24)12-15)22-19-10-9-17(23)11-16(19)13-25-21-8-3-2-7-20(21)22;/h2-12H,13,24H2,1H3;1H/b22-14-;. The van der Waals surface area contributed by atoms with E-state index in [1.165, 1.54) is 22.3 Å². The Balaban J connectivity index is 0.00000196. The molecule has 2 nitrogen and oxygen atoms in total. The number of hydrogen-bond acceptors (Lipinski definition) is 2. The minimum atomic E-state index is 0. The van der Waals surface area contributed by atoms with Crippen LogP contribution in [0.4, 0.5) is 5.69 Å². The summed E-state index contributed by atoms with van der Waals surface area (Å²) in [6.45, 7) is 2.71. The van der Waals surface area contributed by atoms with Crippen LogP contribution in [0.5, 0.6) is 5.75 Å². The van der Waals surface area contributed by atoms with Crippen molar-refractivity contribution in [2.45, 2.75) is 13.5 Å². The van der Waals surface area contributed by atoms with Gasteiger partial charge in [0.2, 0.25) is 0 Å². The molecule has 3 aromatic rings. The highest BCUT2D eigenvalue weighted by Gasteiger charge is 2.21. The van der Waals surface area contributed by atoms with E-state index in [4.69, 9.17) is 10.5 Å². The number of nitrogen functional groups attached to an aromatic ring is 1. The lowest BCUT2D eigenvalue weighted by Crippen LogP contribution is -1.96. The van der Waals surface area contributed by atoms with E-state index in [-0.39, 0.29) is 12.4 Å². The summed E-state index contributed by atoms with van der Waals surface area (Å²) in [6.07, 6.45) is 0. The van der Waals surface area contributed by atoms with Crippen molar-refractivity contribution < 1.29 is 4.74 Å². The van der Waals surface area contributed by atoms with Crippen molar-refractivity contribution >= 4 is 45.2 Å². The van der Waals surface area contributed by atoms with E-state index >= 15 is 0 Å². The van der Waals surface area contributed by atoms with E-state index in [9.17, 15) is 0 Å². The number of halogens is 2. The minimum absolute atomic E-state index is 0. The normalized spacial score (nSPS) is 14.2. The quantitative estimate of drug-likeness (QED) is 0.460. The number of hydrogen-bond donors (Lipinski definition) is 1. The summed E-state index contributed by atoms with van der Waals surface area (Å²) < 4.78 is 7.15. The third kappa shape index (κ3) is 3.37. The minimum Gasteiger partial charge on any atom is -0.488 e. The van der Waals surface area contributed by atoms with E-state index < -0.39 is 0 Å². The molecule has 0 radical (unpaired) electrons. The molecule has 2 N–H and O–H groups in total. The highest BCUT2D eigenvalue weighted by Crippen LogP contribution is 2.41. The highest BCUT2D eigenvalue weighted by molar-refractivity contribution is 9.10. The molecular weight excluding hydrogens is 410 g/mol. The van der Waals surface area contributed by atoms with E-state index in [1.807, 2.05) is 30.3 Å². The summed E-state index contributed by atoms with van der Waals surface area (Å²) in [7, 11) is 0. The van der Waals surface area contributed by atoms with Gasteiger partial charge in [-0.25, -0.2) is 0 Å². The molecule has 0 fully saturated rings. The highest BCUT2D eigenvalue weighted by atomic mass is 79.9. The first kappa shape index (κ1) is 18.6. The summed E-state index contributed by atoms with van der Waals surface area (Å²) in [5.74, 6) is 0.910. The molecule has 0 aromatic heterocycles. The van der Waals surface area contributed by atoms with E-state index in [0.29, 0.717) is 6.61 Å². The van der Waals surface area contributed by atoms with Crippen LogP contribution >= 0.6 is 28.3 Å². The van der Waals surface area contributed by atoms with Crippen LogP contribution in [0.3, 0.4) is 0 Å². The summed E-state index contributed by atoms with van der Waals surface area (Å²) in [4.78, 5) is 0. The number of ether oxygens (including phenoxy) is 1. The molecule has 0 spiro atoms. The molecule has 132 valence electrons. The predicted octanol–water partition coefficient (Wildman–Crippen LogP) is 6.32. The van der Waals surface area contributed by atoms with E-state index in [1.54, 1.807) is 0 Å². The van der Waals surface area contributed by atoms with Gasteiger partial charge in [0.15, 0.2) is 0 Å². The Morgan fingerprint density at radius 1 is 0.962 bits per heavy atom. The molecule has 0 amide bonds. The summed E-state index contributed by atoms with van der Waals surface area (Å²) >= 11 is 3.57. The van der Waals surface area contributed by atoms with Gasteiger partial charge in [0, 0.05) is 15.7 Å². The fraction of sp³-hybridized carbons (Fsp3) is 0.0909. The molecular formula is C22H19BrClNO. The van der Waals surface area contributed by atoms with Gasteiger partial charge in [-0.3, -0.25) is 0 Å². The van der Waals surface area contributed by atoms with Gasteiger partial charge in [0.25, 0.3) is 0 Å². The van der Waals surface area contributed by atoms with Crippen LogP contribution in [0.25, 0.3) is 11.1 Å². The molecule has 26 heavy (non-hydrogen) atoms. The maximum atomic E-state index is 6.09. The Kier molecular flexibility index (Phi) is 5.40. The van der Waals surface area contributed by atoms with Crippen molar-refractivity contribution in [3.05, 3.63) is 93.5 Å². The SMILES string of the molecule is C/C(=C1\c2ccc(Br)cc2COc2ccccc21)c1cccc(N)c1.Cl. The topological polar surface area (TPSA) is 35.2 Å². The third-order valence-electron chi connectivity index (χ3n) is 4.57. The number of fused-ring (bicyclic) bond motifs is 2. The van der Waals surface area contributed by atoms with Gasteiger partial charge in [-0.2, -0.15) is 0 Å². The van der Waals surface area contributed by atoms with Crippen LogP contribution in [-0.2, 0) is 6.61 Å². The fourth-order valence-electron chi connectivity index (χ4n) is 3.35. The number of anilines is 1. The van der Waals surface area contributed by atoms with Gasteiger partial charge in [-0.15, -0.1) is 12.4 Å². The van der Waals surface area contributed by atoms with Gasteiger partial charge in [0.1, 0.15) is 12.4 Å². The summed E-state index contributed by atoms with van der Waals surface area (Å²) in [6, 6.07) is 22.6. The summed E-state index contributed by atoms with van der Waals surface area (Å²) in [5.41, 5.74) is 13.8. The number of allylic oxidation sites excluding steroid dienone is 1. The van der Waals surface area contributed by atoms with Crippen molar-refractivity contribution in [1.29, 1.82) is 0 Å². The first-order valence-electron chi connectivity index (χ1n) is 8.21. The van der Waals surface area contributed by atoms with Gasteiger partial charge in [-0.1, -0.05) is 52.3 Å². The molecule has 1 heterocycles. The number of para-hydroxylation sites is 1. The molecule has 1 aliphatic heterocycles. The number of nitrogens with two attached hydrogens (primary N) is 1. The van der Waals surface area contributed by atoms with E-state index in [2.05, 4.69) is 59.3 Å². The zero-order chi connectivity index (χ0) is 17.4. The zero-order valence-electron chi connectivity index (χ0n) is 14.3. The molecule has 0 bridgehead atoms. The van der Waals surface area contributed by atoms with Crippen LogP contribution < -0.4 is 10.5 Å². The van der Waals surface area contributed by atoms with Gasteiger partial charge >= 0.3 is 0 Å². The molecule has 1 aliphatic rings. The monoisotopic (exact) mass is 427 g/mol. The van der Waals surface area contributed by atoms with Crippen LogP contribution in [0, 0.1) is 0 Å². The summed E-state index contributed by atoms with van der Waals surface area (Å²) in [5, 5.41) is 0. The molecule has 0 saturated carbocycles. The van der Waals surface area contributed by atoms with Crippen molar-refractivity contribution in [2.24, 2.45) is 0 Å². The number of rotatable bonds is 1. The molecule has 4 heteroatoms. The molecule has 0 saturated heterocycles. The Bertz CT molecular complexity index is 997.